The highest BCUT2D eigenvalue weighted by molar-refractivity contribution is 6.30. The van der Waals surface area contributed by atoms with E-state index in [9.17, 15) is 4.79 Å². The summed E-state index contributed by atoms with van der Waals surface area (Å²) in [7, 11) is 1.42. The summed E-state index contributed by atoms with van der Waals surface area (Å²) in [5, 5.41) is 3.97. The molecule has 1 atom stereocenters. The van der Waals surface area contributed by atoms with Crippen molar-refractivity contribution in [1.82, 2.24) is 5.32 Å². The van der Waals surface area contributed by atoms with Crippen molar-refractivity contribution >= 4 is 17.6 Å². The molecule has 1 N–H and O–H groups in total. The third-order valence-electron chi connectivity index (χ3n) is 2.70. The van der Waals surface area contributed by atoms with Crippen molar-refractivity contribution in [2.75, 3.05) is 13.7 Å². The zero-order valence-electron chi connectivity index (χ0n) is 11.1. The predicted octanol–water partition coefficient (Wildman–Crippen LogP) is 2.67. The lowest BCUT2D eigenvalue weighted by molar-refractivity contribution is -0.145. The number of nitrogens with one attached hydrogen (secondary N) is 1. The van der Waals surface area contributed by atoms with Gasteiger partial charge in [0.25, 0.3) is 0 Å². The lowest BCUT2D eigenvalue weighted by Crippen LogP contribution is -2.34. The van der Waals surface area contributed by atoms with Crippen LogP contribution in [0.5, 0.6) is 0 Å². The lowest BCUT2D eigenvalue weighted by atomic mass is 9.99. The first-order valence-electron chi connectivity index (χ1n) is 6.08. The quantitative estimate of drug-likeness (QED) is 0.807. The normalized spacial score (nSPS) is 12.5. The Morgan fingerprint density at radius 2 is 1.94 bits per heavy atom. The van der Waals surface area contributed by atoms with Crippen LogP contribution in [-0.2, 0) is 16.0 Å². The molecule has 0 aliphatic heterocycles. The van der Waals surface area contributed by atoms with E-state index < -0.39 is 0 Å². The summed E-state index contributed by atoms with van der Waals surface area (Å²) < 4.78 is 4.84. The molecule has 0 fully saturated rings. The molecule has 0 saturated heterocycles. The summed E-state index contributed by atoms with van der Waals surface area (Å²) >= 11 is 5.84. The Balaban J connectivity index is 2.65. The Hall–Kier alpha value is -1.06. The summed E-state index contributed by atoms with van der Waals surface area (Å²) in [4.78, 5) is 11.7. The van der Waals surface area contributed by atoms with Crippen molar-refractivity contribution in [3.8, 4) is 0 Å². The smallest absolute Gasteiger partial charge is 0.310 e. The van der Waals surface area contributed by atoms with Crippen LogP contribution >= 0.6 is 11.6 Å². The molecule has 3 nitrogen and oxygen atoms in total. The molecule has 1 rings (SSSR count). The maximum Gasteiger partial charge on any atom is 0.310 e. The first-order valence-corrected chi connectivity index (χ1v) is 6.46. The van der Waals surface area contributed by atoms with Crippen LogP contribution in [0.25, 0.3) is 0 Å². The number of halogens is 1. The molecule has 1 unspecified atom stereocenters. The molecule has 0 heterocycles. The number of methoxy groups -OCH3 is 1. The summed E-state index contributed by atoms with van der Waals surface area (Å²) in [6, 6.07) is 7.89. The van der Waals surface area contributed by atoms with E-state index in [4.69, 9.17) is 16.3 Å². The Bertz CT molecular complexity index is 376. The molecule has 100 valence electrons. The molecule has 4 heteroatoms. The number of hydrogen-bond donors (Lipinski definition) is 1. The van der Waals surface area contributed by atoms with Gasteiger partial charge >= 0.3 is 5.97 Å². The van der Waals surface area contributed by atoms with Crippen molar-refractivity contribution in [2.45, 2.75) is 26.3 Å². The van der Waals surface area contributed by atoms with Gasteiger partial charge in [0, 0.05) is 17.6 Å². The average molecular weight is 270 g/mol. The van der Waals surface area contributed by atoms with E-state index >= 15 is 0 Å². The first kappa shape index (κ1) is 15.0. The summed E-state index contributed by atoms with van der Waals surface area (Å²) in [5.41, 5.74) is 1.08. The molecule has 1 aromatic carbocycles. The topological polar surface area (TPSA) is 38.3 Å². The number of carbonyl (C=O) groups excluding carboxylic acids is 1. The van der Waals surface area contributed by atoms with Gasteiger partial charge in [-0.1, -0.05) is 37.6 Å². The van der Waals surface area contributed by atoms with E-state index in [-0.39, 0.29) is 11.9 Å². The van der Waals surface area contributed by atoms with Crippen LogP contribution in [0.15, 0.2) is 24.3 Å². The van der Waals surface area contributed by atoms with Gasteiger partial charge in [0.1, 0.15) is 0 Å². The number of ether oxygens (including phenoxy) is 1. The summed E-state index contributed by atoms with van der Waals surface area (Å²) in [5.74, 6) is -0.350. The van der Waals surface area contributed by atoms with Crippen LogP contribution < -0.4 is 5.32 Å². The molecule has 0 aliphatic rings. The van der Waals surface area contributed by atoms with Gasteiger partial charge in [-0.15, -0.1) is 0 Å². The maximum absolute atomic E-state index is 11.7. The van der Waals surface area contributed by atoms with Crippen molar-refractivity contribution in [2.24, 2.45) is 5.92 Å². The SMILES string of the molecule is COC(=O)C(CNC(C)C)Cc1ccc(Cl)cc1. The third-order valence-corrected chi connectivity index (χ3v) is 2.95. The number of carbonyl (C=O) groups is 1. The number of hydrogen-bond acceptors (Lipinski definition) is 3. The van der Waals surface area contributed by atoms with E-state index in [2.05, 4.69) is 19.2 Å². The van der Waals surface area contributed by atoms with Gasteiger partial charge in [-0.3, -0.25) is 4.79 Å². The van der Waals surface area contributed by atoms with Gasteiger partial charge in [0.2, 0.25) is 0 Å². The molecule has 1 aromatic rings. The maximum atomic E-state index is 11.7. The molecular formula is C14H20ClNO2. The average Bonchev–Trinajstić information content (AvgIpc) is 2.35. The standard InChI is InChI=1S/C14H20ClNO2/c1-10(2)16-9-12(14(17)18-3)8-11-4-6-13(15)7-5-11/h4-7,10,12,16H,8-9H2,1-3H3. The molecule has 0 aromatic heterocycles. The number of benzene rings is 1. The Morgan fingerprint density at radius 1 is 1.33 bits per heavy atom. The van der Waals surface area contributed by atoms with E-state index in [0.717, 1.165) is 5.56 Å². The predicted molar refractivity (Wildman–Crippen MR) is 73.8 cm³/mol. The van der Waals surface area contributed by atoms with Gasteiger partial charge in [0.05, 0.1) is 13.0 Å². The molecular weight excluding hydrogens is 250 g/mol. The second-order valence-corrected chi connectivity index (χ2v) is 5.05. The second-order valence-electron chi connectivity index (χ2n) is 4.61. The van der Waals surface area contributed by atoms with Crippen molar-refractivity contribution in [1.29, 1.82) is 0 Å². The minimum absolute atomic E-state index is 0.168. The van der Waals surface area contributed by atoms with Gasteiger partial charge in [-0.2, -0.15) is 0 Å². The van der Waals surface area contributed by atoms with Gasteiger partial charge in [0.15, 0.2) is 0 Å². The monoisotopic (exact) mass is 269 g/mol. The lowest BCUT2D eigenvalue weighted by Gasteiger charge is -2.17. The Labute approximate surface area is 113 Å². The van der Waals surface area contributed by atoms with Gasteiger partial charge < -0.3 is 10.1 Å². The van der Waals surface area contributed by atoms with Crippen LogP contribution in [-0.4, -0.2) is 25.7 Å². The highest BCUT2D eigenvalue weighted by atomic mass is 35.5. The van der Waals surface area contributed by atoms with Gasteiger partial charge in [-0.25, -0.2) is 0 Å². The molecule has 0 saturated carbocycles. The Morgan fingerprint density at radius 3 is 2.44 bits per heavy atom. The van der Waals surface area contributed by atoms with E-state index in [0.29, 0.717) is 24.0 Å². The third kappa shape index (κ3) is 5.07. The minimum atomic E-state index is -0.182. The van der Waals surface area contributed by atoms with Crippen molar-refractivity contribution < 1.29 is 9.53 Å². The molecule has 0 bridgehead atoms. The molecule has 0 aliphatic carbocycles. The molecule has 0 radical (unpaired) electrons. The van der Waals surface area contributed by atoms with Crippen LogP contribution in [0.4, 0.5) is 0 Å². The number of esters is 1. The first-order chi connectivity index (χ1) is 8.52. The minimum Gasteiger partial charge on any atom is -0.469 e. The largest absolute Gasteiger partial charge is 0.469 e. The summed E-state index contributed by atoms with van der Waals surface area (Å²) in [6.45, 7) is 4.72. The van der Waals surface area contributed by atoms with E-state index in [1.807, 2.05) is 24.3 Å². The zero-order valence-corrected chi connectivity index (χ0v) is 11.8. The second kappa shape index (κ2) is 7.39. The fourth-order valence-electron chi connectivity index (χ4n) is 1.69. The highest BCUT2D eigenvalue weighted by Crippen LogP contribution is 2.14. The molecule has 0 spiro atoms. The fourth-order valence-corrected chi connectivity index (χ4v) is 1.81. The van der Waals surface area contributed by atoms with Crippen LogP contribution in [0.1, 0.15) is 19.4 Å². The number of rotatable bonds is 6. The van der Waals surface area contributed by atoms with Crippen LogP contribution in [0, 0.1) is 5.92 Å². The molecule has 0 amide bonds. The van der Waals surface area contributed by atoms with E-state index in [1.54, 1.807) is 0 Å². The highest BCUT2D eigenvalue weighted by Gasteiger charge is 2.19. The fraction of sp³-hybridized carbons (Fsp3) is 0.500. The van der Waals surface area contributed by atoms with Gasteiger partial charge in [-0.05, 0) is 24.1 Å². The van der Waals surface area contributed by atoms with Crippen molar-refractivity contribution in [3.63, 3.8) is 0 Å². The van der Waals surface area contributed by atoms with Crippen LogP contribution in [0.3, 0.4) is 0 Å². The van der Waals surface area contributed by atoms with Crippen LogP contribution in [0.2, 0.25) is 5.02 Å². The molecule has 18 heavy (non-hydrogen) atoms. The zero-order chi connectivity index (χ0) is 13.5. The van der Waals surface area contributed by atoms with Crippen molar-refractivity contribution in [3.05, 3.63) is 34.9 Å². The summed E-state index contributed by atoms with van der Waals surface area (Å²) in [6.07, 6.45) is 0.656. The van der Waals surface area contributed by atoms with E-state index in [1.165, 1.54) is 7.11 Å². The Kier molecular flexibility index (Phi) is 6.16.